The number of carbonyl (C=O) groups is 1. The van der Waals surface area contributed by atoms with E-state index in [1.54, 1.807) is 0 Å². The van der Waals surface area contributed by atoms with Gasteiger partial charge in [0.1, 0.15) is 0 Å². The topological polar surface area (TPSA) is 58.6 Å². The minimum atomic E-state index is -0.904. The third-order valence-corrected chi connectivity index (χ3v) is 5.14. The third kappa shape index (κ3) is 3.03. The zero-order valence-electron chi connectivity index (χ0n) is 13.9. The van der Waals surface area contributed by atoms with Crippen LogP contribution in [0.5, 0.6) is 0 Å². The Morgan fingerprint density at radius 1 is 1.41 bits per heavy atom. The maximum Gasteiger partial charge on any atom is 0.227 e. The third-order valence-electron chi connectivity index (χ3n) is 5.14. The normalized spacial score (nSPS) is 27.8. The molecular weight excluding hydrogens is 278 g/mol. The molecule has 0 saturated heterocycles. The first kappa shape index (κ1) is 17.0. The molecule has 0 aliphatic heterocycles. The second-order valence-electron chi connectivity index (χ2n) is 6.75. The van der Waals surface area contributed by atoms with Gasteiger partial charge in [0.15, 0.2) is 0 Å². The highest BCUT2D eigenvalue weighted by Crippen LogP contribution is 2.50. The van der Waals surface area contributed by atoms with E-state index in [1.807, 2.05) is 58.0 Å². The molecule has 0 spiro atoms. The number of hydrogen-bond donors (Lipinski definition) is 2. The van der Waals surface area contributed by atoms with Crippen LogP contribution in [0.1, 0.15) is 45.6 Å². The van der Waals surface area contributed by atoms with E-state index < -0.39 is 5.60 Å². The Morgan fingerprint density at radius 2 is 2.05 bits per heavy atom. The van der Waals surface area contributed by atoms with E-state index in [9.17, 15) is 9.90 Å². The minimum absolute atomic E-state index is 0.0472. The van der Waals surface area contributed by atoms with Crippen LogP contribution < -0.4 is 5.32 Å². The van der Waals surface area contributed by atoms with Crippen molar-refractivity contribution in [2.75, 3.05) is 13.2 Å². The highest BCUT2D eigenvalue weighted by Gasteiger charge is 2.59. The molecular formula is C18H27NO3. The van der Waals surface area contributed by atoms with Crippen LogP contribution in [0.3, 0.4) is 0 Å². The molecule has 4 heteroatoms. The number of carbonyl (C=O) groups excluding carboxylic acids is 1. The zero-order chi connectivity index (χ0) is 16.4. The van der Waals surface area contributed by atoms with Gasteiger partial charge in [0, 0.05) is 25.0 Å². The zero-order valence-corrected chi connectivity index (χ0v) is 13.9. The summed E-state index contributed by atoms with van der Waals surface area (Å²) in [6.07, 6.45) is 0.611. The summed E-state index contributed by atoms with van der Waals surface area (Å²) < 4.78 is 5.64. The summed E-state index contributed by atoms with van der Waals surface area (Å²) in [7, 11) is 0. The van der Waals surface area contributed by atoms with Crippen LogP contribution in [-0.2, 0) is 9.53 Å². The number of ether oxygens (including phenoxy) is 1. The summed E-state index contributed by atoms with van der Waals surface area (Å²) >= 11 is 0. The molecule has 3 atom stereocenters. The van der Waals surface area contributed by atoms with Crippen molar-refractivity contribution in [3.05, 3.63) is 35.9 Å². The van der Waals surface area contributed by atoms with Gasteiger partial charge in [-0.2, -0.15) is 0 Å². The van der Waals surface area contributed by atoms with Crippen molar-refractivity contribution in [1.29, 1.82) is 0 Å². The second-order valence-corrected chi connectivity index (χ2v) is 6.75. The maximum absolute atomic E-state index is 12.3. The lowest BCUT2D eigenvalue weighted by Crippen LogP contribution is -2.68. The molecule has 1 fully saturated rings. The Bertz CT molecular complexity index is 514. The first-order valence-electron chi connectivity index (χ1n) is 7.98. The van der Waals surface area contributed by atoms with E-state index in [4.69, 9.17) is 4.74 Å². The molecule has 0 aromatic heterocycles. The highest BCUT2D eigenvalue weighted by atomic mass is 16.5. The molecule has 0 heterocycles. The van der Waals surface area contributed by atoms with Gasteiger partial charge in [0.25, 0.3) is 0 Å². The lowest BCUT2D eigenvalue weighted by Gasteiger charge is -2.58. The highest BCUT2D eigenvalue weighted by molar-refractivity contribution is 5.83. The molecule has 122 valence electrons. The van der Waals surface area contributed by atoms with Gasteiger partial charge in [-0.1, -0.05) is 44.2 Å². The fourth-order valence-electron chi connectivity index (χ4n) is 3.04. The lowest BCUT2D eigenvalue weighted by molar-refractivity contribution is -0.238. The van der Waals surface area contributed by atoms with Crippen molar-refractivity contribution in [1.82, 2.24) is 5.32 Å². The average molecular weight is 305 g/mol. The Balaban J connectivity index is 1.92. The van der Waals surface area contributed by atoms with Gasteiger partial charge >= 0.3 is 0 Å². The molecule has 1 aromatic rings. The standard InChI is InChI=1S/C18H27NO3/c1-5-22-15-11-18(21,17(15,3)4)12-19-16(20)13(2)14-9-7-6-8-10-14/h6-10,13,15,21H,5,11-12H2,1-4H3,(H,19,20)/t13-,15-,18+/m0/s1. The summed E-state index contributed by atoms with van der Waals surface area (Å²) in [5, 5.41) is 13.6. The molecule has 1 aromatic carbocycles. The van der Waals surface area contributed by atoms with Crippen LogP contribution in [0.4, 0.5) is 0 Å². The fourth-order valence-corrected chi connectivity index (χ4v) is 3.04. The van der Waals surface area contributed by atoms with Crippen molar-refractivity contribution < 1.29 is 14.6 Å². The molecule has 0 bridgehead atoms. The quantitative estimate of drug-likeness (QED) is 0.849. The van der Waals surface area contributed by atoms with Gasteiger partial charge in [-0.25, -0.2) is 0 Å². The molecule has 0 radical (unpaired) electrons. The van der Waals surface area contributed by atoms with Crippen LogP contribution in [0.2, 0.25) is 0 Å². The van der Waals surface area contributed by atoms with E-state index in [0.717, 1.165) is 5.56 Å². The van der Waals surface area contributed by atoms with Crippen LogP contribution in [-0.4, -0.2) is 35.9 Å². The van der Waals surface area contributed by atoms with Gasteiger partial charge in [-0.05, 0) is 19.4 Å². The van der Waals surface area contributed by atoms with E-state index in [0.29, 0.717) is 13.0 Å². The van der Waals surface area contributed by atoms with Gasteiger partial charge in [-0.15, -0.1) is 0 Å². The van der Waals surface area contributed by atoms with E-state index >= 15 is 0 Å². The summed E-state index contributed by atoms with van der Waals surface area (Å²) in [6.45, 7) is 8.72. The summed E-state index contributed by atoms with van der Waals surface area (Å²) in [6, 6.07) is 9.67. The summed E-state index contributed by atoms with van der Waals surface area (Å²) in [5.74, 6) is -0.286. The van der Waals surface area contributed by atoms with Crippen molar-refractivity contribution in [2.24, 2.45) is 5.41 Å². The Hall–Kier alpha value is -1.39. The second kappa shape index (κ2) is 6.39. The van der Waals surface area contributed by atoms with Crippen molar-refractivity contribution in [2.45, 2.75) is 51.7 Å². The first-order chi connectivity index (χ1) is 10.3. The van der Waals surface area contributed by atoms with Gasteiger partial charge < -0.3 is 15.2 Å². The molecule has 1 saturated carbocycles. The molecule has 2 rings (SSSR count). The monoisotopic (exact) mass is 305 g/mol. The lowest BCUT2D eigenvalue weighted by atomic mass is 9.56. The Kier molecular flexibility index (Phi) is 4.93. The SMILES string of the molecule is CCO[C@H]1C[C@@](O)(CNC(=O)[C@@H](C)c2ccccc2)C1(C)C. The van der Waals surface area contributed by atoms with E-state index in [-0.39, 0.29) is 29.9 Å². The molecule has 0 unspecified atom stereocenters. The van der Waals surface area contributed by atoms with Crippen LogP contribution in [0.15, 0.2) is 30.3 Å². The molecule has 2 N–H and O–H groups in total. The number of hydrogen-bond acceptors (Lipinski definition) is 3. The Labute approximate surface area is 132 Å². The van der Waals surface area contributed by atoms with Gasteiger partial charge in [0.05, 0.1) is 17.6 Å². The summed E-state index contributed by atoms with van der Waals surface area (Å²) in [4.78, 5) is 12.3. The molecule has 1 amide bonds. The number of nitrogens with one attached hydrogen (secondary N) is 1. The number of aliphatic hydroxyl groups is 1. The Morgan fingerprint density at radius 3 is 2.59 bits per heavy atom. The maximum atomic E-state index is 12.3. The van der Waals surface area contributed by atoms with E-state index in [2.05, 4.69) is 5.32 Å². The summed E-state index contributed by atoms with van der Waals surface area (Å²) in [5.41, 5.74) is -0.280. The largest absolute Gasteiger partial charge is 0.387 e. The minimum Gasteiger partial charge on any atom is -0.387 e. The molecule has 22 heavy (non-hydrogen) atoms. The molecule has 1 aliphatic carbocycles. The van der Waals surface area contributed by atoms with Crippen molar-refractivity contribution in [3.63, 3.8) is 0 Å². The van der Waals surface area contributed by atoms with Crippen LogP contribution in [0.25, 0.3) is 0 Å². The van der Waals surface area contributed by atoms with Gasteiger partial charge in [-0.3, -0.25) is 4.79 Å². The smallest absolute Gasteiger partial charge is 0.227 e. The molecule has 4 nitrogen and oxygen atoms in total. The van der Waals surface area contributed by atoms with Crippen LogP contribution >= 0.6 is 0 Å². The van der Waals surface area contributed by atoms with Crippen LogP contribution in [0, 0.1) is 5.41 Å². The van der Waals surface area contributed by atoms with E-state index in [1.165, 1.54) is 0 Å². The number of benzene rings is 1. The predicted molar refractivity (Wildman–Crippen MR) is 86.6 cm³/mol. The first-order valence-corrected chi connectivity index (χ1v) is 7.98. The number of amides is 1. The fraction of sp³-hybridized carbons (Fsp3) is 0.611. The average Bonchev–Trinajstić information content (AvgIpc) is 2.52. The van der Waals surface area contributed by atoms with Crippen molar-refractivity contribution >= 4 is 5.91 Å². The predicted octanol–water partition coefficient (Wildman–Crippen LogP) is 2.47. The number of rotatable bonds is 6. The van der Waals surface area contributed by atoms with Gasteiger partial charge in [0.2, 0.25) is 5.91 Å². The molecule has 1 aliphatic rings. The van der Waals surface area contributed by atoms with Crippen molar-refractivity contribution in [3.8, 4) is 0 Å².